The predicted octanol–water partition coefficient (Wildman–Crippen LogP) is 6.77. The molecule has 2 aliphatic rings. The summed E-state index contributed by atoms with van der Waals surface area (Å²) in [7, 11) is -2.40. The molecule has 2 N–H and O–H groups in total. The molecule has 0 saturated heterocycles. The molecule has 0 spiro atoms. The SMILES string of the molecule is CCOc1ccc([C@H]2Nc3ccc(S(=O)(=O)Nc4cc(Cl)ccc4OC)cc3[C@H]3C=CC[C@H]32)cc1OCC. The van der Waals surface area contributed by atoms with Gasteiger partial charge in [-0.15, -0.1) is 0 Å². The van der Waals surface area contributed by atoms with Gasteiger partial charge in [0, 0.05) is 16.6 Å². The summed E-state index contributed by atoms with van der Waals surface area (Å²) in [5.74, 6) is 2.16. The number of benzene rings is 3. The molecule has 38 heavy (non-hydrogen) atoms. The van der Waals surface area contributed by atoms with E-state index in [1.165, 1.54) is 13.2 Å². The van der Waals surface area contributed by atoms with Crippen LogP contribution in [-0.2, 0) is 10.0 Å². The summed E-state index contributed by atoms with van der Waals surface area (Å²) in [4.78, 5) is 0.178. The van der Waals surface area contributed by atoms with E-state index in [0.29, 0.717) is 24.0 Å². The van der Waals surface area contributed by atoms with Crippen LogP contribution in [0.3, 0.4) is 0 Å². The van der Waals surface area contributed by atoms with E-state index in [1.54, 1.807) is 24.3 Å². The fourth-order valence-corrected chi connectivity index (χ4v) is 6.56. The average Bonchev–Trinajstić information content (AvgIpc) is 3.40. The third-order valence-corrected chi connectivity index (χ3v) is 8.58. The van der Waals surface area contributed by atoms with E-state index < -0.39 is 10.0 Å². The van der Waals surface area contributed by atoms with Crippen LogP contribution in [0.2, 0.25) is 5.02 Å². The van der Waals surface area contributed by atoms with Crippen molar-refractivity contribution < 1.29 is 22.6 Å². The number of halogens is 1. The van der Waals surface area contributed by atoms with Crippen molar-refractivity contribution in [3.05, 3.63) is 82.9 Å². The smallest absolute Gasteiger partial charge is 0.262 e. The van der Waals surface area contributed by atoms with Crippen molar-refractivity contribution in [1.82, 2.24) is 0 Å². The molecular formula is C29H31ClN2O5S. The molecule has 1 aliphatic heterocycles. The van der Waals surface area contributed by atoms with Gasteiger partial charge in [-0.25, -0.2) is 8.42 Å². The zero-order valence-corrected chi connectivity index (χ0v) is 23.1. The summed E-state index contributed by atoms with van der Waals surface area (Å²) in [6.45, 7) is 5.02. The molecule has 3 aromatic carbocycles. The lowest BCUT2D eigenvalue weighted by Gasteiger charge is -2.38. The van der Waals surface area contributed by atoms with Crippen molar-refractivity contribution >= 4 is 33.0 Å². The second-order valence-electron chi connectivity index (χ2n) is 9.25. The van der Waals surface area contributed by atoms with Crippen molar-refractivity contribution in [1.29, 1.82) is 0 Å². The second kappa shape index (κ2) is 10.8. The normalized spacial score (nSPS) is 19.7. The molecular weight excluding hydrogens is 524 g/mol. The van der Waals surface area contributed by atoms with Gasteiger partial charge in [-0.05, 0) is 85.8 Å². The summed E-state index contributed by atoms with van der Waals surface area (Å²) < 4.78 is 46.3. The fourth-order valence-electron chi connectivity index (χ4n) is 5.29. The van der Waals surface area contributed by atoms with Gasteiger partial charge in [0.25, 0.3) is 10.0 Å². The van der Waals surface area contributed by atoms with Gasteiger partial charge in [-0.2, -0.15) is 0 Å². The van der Waals surface area contributed by atoms with Crippen LogP contribution < -0.4 is 24.2 Å². The Morgan fingerprint density at radius 2 is 1.74 bits per heavy atom. The van der Waals surface area contributed by atoms with E-state index in [1.807, 2.05) is 32.0 Å². The van der Waals surface area contributed by atoms with E-state index in [4.69, 9.17) is 25.8 Å². The van der Waals surface area contributed by atoms with Crippen LogP contribution in [0, 0.1) is 5.92 Å². The van der Waals surface area contributed by atoms with Gasteiger partial charge in [0.1, 0.15) is 5.75 Å². The van der Waals surface area contributed by atoms with Gasteiger partial charge in [0.05, 0.1) is 36.9 Å². The first-order valence-corrected chi connectivity index (χ1v) is 14.5. The van der Waals surface area contributed by atoms with Crippen LogP contribution in [0.15, 0.2) is 71.6 Å². The Labute approximate surface area is 228 Å². The first-order chi connectivity index (χ1) is 18.3. The Bertz CT molecular complexity index is 1470. The Kier molecular flexibility index (Phi) is 7.45. The van der Waals surface area contributed by atoms with E-state index in [-0.39, 0.29) is 28.5 Å². The Morgan fingerprint density at radius 3 is 2.50 bits per heavy atom. The lowest BCUT2D eigenvalue weighted by molar-refractivity contribution is 0.287. The molecule has 3 aromatic rings. The predicted molar refractivity (Wildman–Crippen MR) is 150 cm³/mol. The molecule has 1 aliphatic carbocycles. The largest absolute Gasteiger partial charge is 0.495 e. The minimum atomic E-state index is -3.88. The number of allylic oxidation sites excluding steroid dienone is 2. The van der Waals surface area contributed by atoms with Crippen molar-refractivity contribution in [2.45, 2.75) is 37.1 Å². The van der Waals surface area contributed by atoms with Gasteiger partial charge in [-0.1, -0.05) is 29.8 Å². The molecule has 0 aromatic heterocycles. The minimum Gasteiger partial charge on any atom is -0.495 e. The third kappa shape index (κ3) is 5.02. The highest BCUT2D eigenvalue weighted by Crippen LogP contribution is 2.51. The number of hydrogen-bond acceptors (Lipinski definition) is 6. The highest BCUT2D eigenvalue weighted by atomic mass is 35.5. The highest BCUT2D eigenvalue weighted by molar-refractivity contribution is 7.92. The number of hydrogen-bond donors (Lipinski definition) is 2. The van der Waals surface area contributed by atoms with Crippen molar-refractivity contribution in [3.63, 3.8) is 0 Å². The van der Waals surface area contributed by atoms with E-state index in [9.17, 15) is 8.42 Å². The van der Waals surface area contributed by atoms with Crippen LogP contribution in [0.1, 0.15) is 43.4 Å². The molecule has 0 amide bonds. The molecule has 3 atom stereocenters. The average molecular weight is 555 g/mol. The number of sulfonamides is 1. The fraction of sp³-hybridized carbons (Fsp3) is 0.310. The first kappa shape index (κ1) is 26.3. The molecule has 0 fully saturated rings. The molecule has 7 nitrogen and oxygen atoms in total. The quantitative estimate of drug-likeness (QED) is 0.284. The van der Waals surface area contributed by atoms with Crippen molar-refractivity contribution in [3.8, 4) is 17.2 Å². The van der Waals surface area contributed by atoms with E-state index >= 15 is 0 Å². The number of nitrogens with one attached hydrogen (secondary N) is 2. The molecule has 9 heteroatoms. The molecule has 1 heterocycles. The topological polar surface area (TPSA) is 85.9 Å². The van der Waals surface area contributed by atoms with Crippen LogP contribution in [0.25, 0.3) is 0 Å². The van der Waals surface area contributed by atoms with Gasteiger partial charge >= 0.3 is 0 Å². The molecule has 5 rings (SSSR count). The number of anilines is 2. The number of rotatable bonds is 9. The summed E-state index contributed by atoms with van der Waals surface area (Å²) in [6.07, 6.45) is 5.24. The zero-order chi connectivity index (χ0) is 26.9. The monoisotopic (exact) mass is 554 g/mol. The number of ether oxygens (including phenoxy) is 3. The summed E-state index contributed by atoms with van der Waals surface area (Å²) >= 11 is 6.10. The van der Waals surface area contributed by atoms with Crippen molar-refractivity contribution in [2.75, 3.05) is 30.4 Å². The van der Waals surface area contributed by atoms with Crippen LogP contribution in [0.5, 0.6) is 17.2 Å². The summed E-state index contributed by atoms with van der Waals surface area (Å²) in [5, 5.41) is 4.08. The van der Waals surface area contributed by atoms with Gasteiger partial charge in [-0.3, -0.25) is 4.72 Å². The lowest BCUT2D eigenvalue weighted by atomic mass is 9.77. The Balaban J connectivity index is 1.47. The molecule has 0 radical (unpaired) electrons. The highest BCUT2D eigenvalue weighted by Gasteiger charge is 2.39. The first-order valence-electron chi connectivity index (χ1n) is 12.7. The molecule has 0 unspecified atom stereocenters. The van der Waals surface area contributed by atoms with E-state index in [2.05, 4.69) is 28.3 Å². The standard InChI is InChI=1S/C29H31ClN2O5S/c1-4-36-27-13-9-18(15-28(27)37-5-2)29-22-8-6-7-21(22)23-17-20(11-12-24(23)31-29)38(33,34)32-25-16-19(30)10-14-26(25)35-3/h6-7,9-17,21-22,29,31-32H,4-5,8H2,1-3H3/t21-,22+,29+/m0/s1. The maximum Gasteiger partial charge on any atom is 0.262 e. The molecule has 0 bridgehead atoms. The maximum absolute atomic E-state index is 13.4. The molecule has 200 valence electrons. The summed E-state index contributed by atoms with van der Waals surface area (Å²) in [5.41, 5.74) is 3.26. The van der Waals surface area contributed by atoms with E-state index in [0.717, 1.165) is 34.7 Å². The van der Waals surface area contributed by atoms with Gasteiger partial charge in [0.2, 0.25) is 0 Å². The lowest BCUT2D eigenvalue weighted by Crippen LogP contribution is -2.29. The maximum atomic E-state index is 13.4. The van der Waals surface area contributed by atoms with Crippen LogP contribution >= 0.6 is 11.6 Å². The van der Waals surface area contributed by atoms with Gasteiger partial charge in [0.15, 0.2) is 11.5 Å². The van der Waals surface area contributed by atoms with Crippen molar-refractivity contribution in [2.24, 2.45) is 5.92 Å². The number of fused-ring (bicyclic) bond motifs is 3. The van der Waals surface area contributed by atoms with Crippen LogP contribution in [-0.4, -0.2) is 28.7 Å². The minimum absolute atomic E-state index is 0.0358. The van der Waals surface area contributed by atoms with Crippen LogP contribution in [0.4, 0.5) is 11.4 Å². The number of methoxy groups -OCH3 is 1. The molecule has 0 saturated carbocycles. The Hall–Kier alpha value is -3.36. The summed E-state index contributed by atoms with van der Waals surface area (Å²) in [6, 6.07) is 16.1. The Morgan fingerprint density at radius 1 is 0.974 bits per heavy atom. The van der Waals surface area contributed by atoms with Gasteiger partial charge < -0.3 is 19.5 Å². The zero-order valence-electron chi connectivity index (χ0n) is 21.5. The second-order valence-corrected chi connectivity index (χ2v) is 11.4. The third-order valence-electron chi connectivity index (χ3n) is 6.98.